The second-order valence-corrected chi connectivity index (χ2v) is 6.21. The summed E-state index contributed by atoms with van der Waals surface area (Å²) in [5.74, 6) is -0.238. The summed E-state index contributed by atoms with van der Waals surface area (Å²) in [6, 6.07) is 16.1. The quantitative estimate of drug-likeness (QED) is 0.920. The molecule has 5 nitrogen and oxygen atoms in total. The topological polar surface area (TPSA) is 59.4 Å². The first-order valence-electron chi connectivity index (χ1n) is 8.68. The number of nitrogens with zero attached hydrogens (tertiary/aromatic N) is 3. The molecule has 0 unspecified atom stereocenters. The van der Waals surface area contributed by atoms with Gasteiger partial charge in [-0.25, -0.2) is 9.18 Å². The van der Waals surface area contributed by atoms with Crippen molar-refractivity contribution in [2.24, 2.45) is 0 Å². The summed E-state index contributed by atoms with van der Waals surface area (Å²) >= 11 is 0. The van der Waals surface area contributed by atoms with Gasteiger partial charge in [0.05, 0.1) is 11.6 Å². The number of nitriles is 1. The fraction of sp³-hybridized carbons (Fsp3) is 0.300. The number of benzene rings is 2. The highest BCUT2D eigenvalue weighted by molar-refractivity contribution is 5.74. The van der Waals surface area contributed by atoms with Gasteiger partial charge in [-0.1, -0.05) is 18.2 Å². The number of carbonyl (C=O) groups is 1. The Labute approximate surface area is 152 Å². The van der Waals surface area contributed by atoms with Crippen molar-refractivity contribution in [1.29, 1.82) is 5.26 Å². The summed E-state index contributed by atoms with van der Waals surface area (Å²) < 4.78 is 13.6. The Bertz CT molecular complexity index is 792. The maximum Gasteiger partial charge on any atom is 0.317 e. The van der Waals surface area contributed by atoms with Gasteiger partial charge in [-0.15, -0.1) is 0 Å². The van der Waals surface area contributed by atoms with E-state index < -0.39 is 0 Å². The van der Waals surface area contributed by atoms with Gasteiger partial charge in [0, 0.05) is 38.4 Å². The van der Waals surface area contributed by atoms with E-state index >= 15 is 0 Å². The average molecular weight is 352 g/mol. The predicted molar refractivity (Wildman–Crippen MR) is 98.4 cm³/mol. The zero-order valence-electron chi connectivity index (χ0n) is 14.5. The van der Waals surface area contributed by atoms with Gasteiger partial charge in [0.15, 0.2) is 0 Å². The maximum absolute atomic E-state index is 13.6. The second kappa shape index (κ2) is 8.34. The highest BCUT2D eigenvalue weighted by atomic mass is 19.1. The fourth-order valence-electron chi connectivity index (χ4n) is 3.03. The number of rotatable bonds is 4. The van der Waals surface area contributed by atoms with E-state index in [1.807, 2.05) is 12.1 Å². The van der Waals surface area contributed by atoms with Gasteiger partial charge in [-0.05, 0) is 42.3 Å². The molecule has 3 rings (SSSR count). The molecule has 1 fully saturated rings. The van der Waals surface area contributed by atoms with Gasteiger partial charge < -0.3 is 15.1 Å². The van der Waals surface area contributed by atoms with Crippen molar-refractivity contribution in [3.63, 3.8) is 0 Å². The van der Waals surface area contributed by atoms with Gasteiger partial charge >= 0.3 is 6.03 Å². The van der Waals surface area contributed by atoms with Gasteiger partial charge in [0.1, 0.15) is 5.82 Å². The third-order valence-corrected chi connectivity index (χ3v) is 4.56. The summed E-state index contributed by atoms with van der Waals surface area (Å²) in [6.45, 7) is 3.16. The first-order valence-corrected chi connectivity index (χ1v) is 8.68. The molecule has 1 saturated heterocycles. The van der Waals surface area contributed by atoms with E-state index in [-0.39, 0.29) is 11.8 Å². The SMILES string of the molecule is N#Cc1ccc(N2CCN(C(=O)NCCc3ccccc3F)CC2)cc1. The monoisotopic (exact) mass is 352 g/mol. The zero-order chi connectivity index (χ0) is 18.4. The van der Waals surface area contributed by atoms with Crippen molar-refractivity contribution in [2.45, 2.75) is 6.42 Å². The van der Waals surface area contributed by atoms with Crippen molar-refractivity contribution in [3.05, 3.63) is 65.5 Å². The minimum Gasteiger partial charge on any atom is -0.368 e. The van der Waals surface area contributed by atoms with Crippen LogP contribution in [0.15, 0.2) is 48.5 Å². The van der Waals surface area contributed by atoms with Crippen molar-refractivity contribution in [2.75, 3.05) is 37.6 Å². The van der Waals surface area contributed by atoms with E-state index in [0.717, 1.165) is 18.8 Å². The fourth-order valence-corrected chi connectivity index (χ4v) is 3.03. The van der Waals surface area contributed by atoms with Crippen LogP contribution in [0.25, 0.3) is 0 Å². The molecule has 6 heteroatoms. The van der Waals surface area contributed by atoms with Crippen LogP contribution in [0.2, 0.25) is 0 Å². The summed E-state index contributed by atoms with van der Waals surface area (Å²) in [5, 5.41) is 11.7. The van der Waals surface area contributed by atoms with E-state index in [0.29, 0.717) is 37.2 Å². The van der Waals surface area contributed by atoms with Crippen molar-refractivity contribution in [1.82, 2.24) is 10.2 Å². The Morgan fingerprint density at radius 1 is 1.08 bits per heavy atom. The third-order valence-electron chi connectivity index (χ3n) is 4.56. The molecule has 1 aliphatic heterocycles. The standard InChI is InChI=1S/C20H21FN4O/c21-19-4-2-1-3-17(19)9-10-23-20(26)25-13-11-24(12-14-25)18-7-5-16(15-22)6-8-18/h1-8H,9-14H2,(H,23,26). The summed E-state index contributed by atoms with van der Waals surface area (Å²) in [7, 11) is 0. The largest absolute Gasteiger partial charge is 0.368 e. The minimum atomic E-state index is -0.238. The normalized spacial score (nSPS) is 14.0. The number of halogens is 1. The molecule has 0 radical (unpaired) electrons. The Morgan fingerprint density at radius 2 is 1.77 bits per heavy atom. The average Bonchev–Trinajstić information content (AvgIpc) is 2.69. The molecule has 26 heavy (non-hydrogen) atoms. The number of amides is 2. The number of anilines is 1. The first-order chi connectivity index (χ1) is 12.7. The van der Waals surface area contributed by atoms with E-state index in [9.17, 15) is 9.18 Å². The van der Waals surface area contributed by atoms with Crippen LogP contribution in [0.3, 0.4) is 0 Å². The molecular weight excluding hydrogens is 331 g/mol. The first kappa shape index (κ1) is 17.7. The molecule has 2 aromatic carbocycles. The smallest absolute Gasteiger partial charge is 0.317 e. The summed E-state index contributed by atoms with van der Waals surface area (Å²) in [5.41, 5.74) is 2.31. The Hall–Kier alpha value is -3.07. The van der Waals surface area contributed by atoms with Gasteiger partial charge in [-0.3, -0.25) is 0 Å². The van der Waals surface area contributed by atoms with Crippen LogP contribution in [0.4, 0.5) is 14.9 Å². The molecule has 1 heterocycles. The van der Waals surface area contributed by atoms with Crippen molar-refractivity contribution in [3.8, 4) is 6.07 Å². The van der Waals surface area contributed by atoms with E-state index in [4.69, 9.17) is 5.26 Å². The lowest BCUT2D eigenvalue weighted by Gasteiger charge is -2.36. The van der Waals surface area contributed by atoms with E-state index in [1.54, 1.807) is 35.2 Å². The van der Waals surface area contributed by atoms with Crippen LogP contribution >= 0.6 is 0 Å². The van der Waals surface area contributed by atoms with Gasteiger partial charge in [-0.2, -0.15) is 5.26 Å². The van der Waals surface area contributed by atoms with Crippen LogP contribution in [-0.2, 0) is 6.42 Å². The third kappa shape index (κ3) is 4.31. The summed E-state index contributed by atoms with van der Waals surface area (Å²) in [6.07, 6.45) is 0.476. The summed E-state index contributed by atoms with van der Waals surface area (Å²) in [4.78, 5) is 16.2. The van der Waals surface area contributed by atoms with Crippen LogP contribution in [-0.4, -0.2) is 43.7 Å². The highest BCUT2D eigenvalue weighted by Gasteiger charge is 2.21. The molecular formula is C20H21FN4O. The van der Waals surface area contributed by atoms with Gasteiger partial charge in [0.2, 0.25) is 0 Å². The molecule has 0 bridgehead atoms. The van der Waals surface area contributed by atoms with E-state index in [2.05, 4.69) is 16.3 Å². The maximum atomic E-state index is 13.6. The highest BCUT2D eigenvalue weighted by Crippen LogP contribution is 2.17. The van der Waals surface area contributed by atoms with E-state index in [1.165, 1.54) is 6.07 Å². The Kier molecular flexibility index (Phi) is 5.69. The van der Waals surface area contributed by atoms with Crippen molar-refractivity contribution >= 4 is 11.7 Å². The lowest BCUT2D eigenvalue weighted by atomic mass is 10.1. The number of piperazine rings is 1. The lowest BCUT2D eigenvalue weighted by Crippen LogP contribution is -2.52. The number of hydrogen-bond donors (Lipinski definition) is 1. The predicted octanol–water partition coefficient (Wildman–Crippen LogP) is 2.77. The molecule has 1 aliphatic rings. The number of nitrogens with one attached hydrogen (secondary N) is 1. The molecule has 0 aromatic heterocycles. The van der Waals surface area contributed by atoms with Crippen LogP contribution in [0, 0.1) is 17.1 Å². The molecule has 0 atom stereocenters. The number of carbonyl (C=O) groups excluding carboxylic acids is 1. The Balaban J connectivity index is 1.44. The number of hydrogen-bond acceptors (Lipinski definition) is 3. The molecule has 2 amide bonds. The van der Waals surface area contributed by atoms with Crippen LogP contribution in [0.1, 0.15) is 11.1 Å². The minimum absolute atomic E-state index is 0.110. The lowest BCUT2D eigenvalue weighted by molar-refractivity contribution is 0.194. The van der Waals surface area contributed by atoms with Gasteiger partial charge in [0.25, 0.3) is 0 Å². The van der Waals surface area contributed by atoms with Crippen LogP contribution < -0.4 is 10.2 Å². The Morgan fingerprint density at radius 3 is 2.42 bits per heavy atom. The molecule has 0 aliphatic carbocycles. The second-order valence-electron chi connectivity index (χ2n) is 6.21. The molecule has 134 valence electrons. The molecule has 2 aromatic rings. The molecule has 0 spiro atoms. The van der Waals surface area contributed by atoms with Crippen LogP contribution in [0.5, 0.6) is 0 Å². The zero-order valence-corrected chi connectivity index (χ0v) is 14.5. The number of urea groups is 1. The molecule has 0 saturated carbocycles. The molecule has 1 N–H and O–H groups in total. The van der Waals surface area contributed by atoms with Crippen molar-refractivity contribution < 1.29 is 9.18 Å².